The van der Waals surface area contributed by atoms with Crippen LogP contribution in [0, 0.1) is 5.92 Å². The van der Waals surface area contributed by atoms with Crippen LogP contribution < -0.4 is 4.74 Å². The normalized spacial score (nSPS) is 12.5. The first-order chi connectivity index (χ1) is 7.97. The molecule has 1 atom stereocenters. The standard InChI is InChI=1S/C13H18O3S/c1-8(2)9(3)16-10-6-5-7-11(17-4)12(10)13(14)15/h5-9H,1-4H3,(H,14,15). The first kappa shape index (κ1) is 13.9. The van der Waals surface area contributed by atoms with E-state index in [2.05, 4.69) is 0 Å². The maximum Gasteiger partial charge on any atom is 0.340 e. The van der Waals surface area contributed by atoms with Gasteiger partial charge in [-0.25, -0.2) is 4.79 Å². The molecule has 1 aromatic rings. The van der Waals surface area contributed by atoms with Crippen LogP contribution in [0.4, 0.5) is 0 Å². The lowest BCUT2D eigenvalue weighted by molar-refractivity contribution is 0.0682. The van der Waals surface area contributed by atoms with Crippen molar-refractivity contribution >= 4 is 17.7 Å². The van der Waals surface area contributed by atoms with E-state index in [-0.39, 0.29) is 11.7 Å². The van der Waals surface area contributed by atoms with Gasteiger partial charge < -0.3 is 9.84 Å². The number of rotatable bonds is 5. The molecule has 0 amide bonds. The topological polar surface area (TPSA) is 46.5 Å². The lowest BCUT2D eigenvalue weighted by Gasteiger charge is -2.20. The molecule has 0 heterocycles. The third-order valence-electron chi connectivity index (χ3n) is 2.67. The molecule has 0 radical (unpaired) electrons. The first-order valence-electron chi connectivity index (χ1n) is 5.54. The Labute approximate surface area is 106 Å². The fraction of sp³-hybridized carbons (Fsp3) is 0.462. The minimum absolute atomic E-state index is 0.00907. The van der Waals surface area contributed by atoms with Crippen molar-refractivity contribution < 1.29 is 14.6 Å². The molecule has 1 N–H and O–H groups in total. The Balaban J connectivity index is 3.10. The van der Waals surface area contributed by atoms with E-state index in [0.29, 0.717) is 11.7 Å². The first-order valence-corrected chi connectivity index (χ1v) is 6.76. The van der Waals surface area contributed by atoms with E-state index in [4.69, 9.17) is 4.74 Å². The van der Waals surface area contributed by atoms with Gasteiger partial charge in [0, 0.05) is 4.90 Å². The fourth-order valence-electron chi connectivity index (χ4n) is 1.33. The van der Waals surface area contributed by atoms with Gasteiger partial charge in [0.15, 0.2) is 0 Å². The van der Waals surface area contributed by atoms with Crippen LogP contribution in [0.1, 0.15) is 31.1 Å². The quantitative estimate of drug-likeness (QED) is 0.816. The molecule has 3 nitrogen and oxygen atoms in total. The number of ether oxygens (including phenoxy) is 1. The van der Waals surface area contributed by atoms with Gasteiger partial charge >= 0.3 is 5.97 Å². The van der Waals surface area contributed by atoms with Crippen molar-refractivity contribution in [3.05, 3.63) is 23.8 Å². The van der Waals surface area contributed by atoms with Gasteiger partial charge in [0.1, 0.15) is 11.3 Å². The summed E-state index contributed by atoms with van der Waals surface area (Å²) in [4.78, 5) is 12.0. The Morgan fingerprint density at radius 1 is 1.35 bits per heavy atom. The molecule has 17 heavy (non-hydrogen) atoms. The number of carboxylic acid groups (broad SMARTS) is 1. The summed E-state index contributed by atoms with van der Waals surface area (Å²) in [6, 6.07) is 5.32. The summed E-state index contributed by atoms with van der Waals surface area (Å²) >= 11 is 1.41. The number of hydrogen-bond acceptors (Lipinski definition) is 3. The second-order valence-corrected chi connectivity index (χ2v) is 5.05. The summed E-state index contributed by atoms with van der Waals surface area (Å²) in [5, 5.41) is 9.24. The van der Waals surface area contributed by atoms with Crippen LogP contribution in [0.15, 0.2) is 23.1 Å². The molecule has 0 aliphatic carbocycles. The summed E-state index contributed by atoms with van der Waals surface area (Å²) in [6.45, 7) is 6.04. The van der Waals surface area contributed by atoms with Crippen molar-refractivity contribution in [1.29, 1.82) is 0 Å². The molecule has 0 bridgehead atoms. The lowest BCUT2D eigenvalue weighted by atomic mass is 10.1. The number of carboxylic acids is 1. The van der Waals surface area contributed by atoms with E-state index < -0.39 is 5.97 Å². The SMILES string of the molecule is CSc1cccc(OC(C)C(C)C)c1C(=O)O. The van der Waals surface area contributed by atoms with Crippen molar-refractivity contribution in [2.24, 2.45) is 5.92 Å². The molecule has 0 aliphatic heterocycles. The van der Waals surface area contributed by atoms with Gasteiger partial charge in [0.05, 0.1) is 6.10 Å². The number of hydrogen-bond donors (Lipinski definition) is 1. The van der Waals surface area contributed by atoms with Crippen LogP contribution >= 0.6 is 11.8 Å². The molecule has 1 rings (SSSR count). The molecular weight excluding hydrogens is 236 g/mol. The van der Waals surface area contributed by atoms with Crippen LogP contribution in [0.5, 0.6) is 5.75 Å². The highest BCUT2D eigenvalue weighted by molar-refractivity contribution is 7.98. The van der Waals surface area contributed by atoms with E-state index in [1.165, 1.54) is 11.8 Å². The molecule has 1 unspecified atom stereocenters. The maximum atomic E-state index is 11.3. The smallest absolute Gasteiger partial charge is 0.340 e. The Kier molecular flexibility index (Phi) is 4.87. The minimum atomic E-state index is -0.944. The number of thioether (sulfide) groups is 1. The predicted molar refractivity (Wildman–Crippen MR) is 70.1 cm³/mol. The van der Waals surface area contributed by atoms with Crippen molar-refractivity contribution in [1.82, 2.24) is 0 Å². The highest BCUT2D eigenvalue weighted by Gasteiger charge is 2.18. The Morgan fingerprint density at radius 2 is 2.00 bits per heavy atom. The van der Waals surface area contributed by atoms with Crippen molar-refractivity contribution in [2.45, 2.75) is 31.8 Å². The van der Waals surface area contributed by atoms with Crippen molar-refractivity contribution in [3.63, 3.8) is 0 Å². The van der Waals surface area contributed by atoms with Crippen LogP contribution in [-0.4, -0.2) is 23.4 Å². The molecule has 94 valence electrons. The molecule has 0 aliphatic rings. The van der Waals surface area contributed by atoms with E-state index in [1.807, 2.05) is 33.1 Å². The van der Waals surface area contributed by atoms with E-state index in [0.717, 1.165) is 4.90 Å². The predicted octanol–water partition coefficient (Wildman–Crippen LogP) is 3.53. The van der Waals surface area contributed by atoms with Gasteiger partial charge in [-0.1, -0.05) is 19.9 Å². The van der Waals surface area contributed by atoms with E-state index in [9.17, 15) is 9.90 Å². The molecule has 1 aromatic carbocycles. The fourth-order valence-corrected chi connectivity index (χ4v) is 1.93. The Hall–Kier alpha value is -1.16. The Bertz CT molecular complexity index is 402. The average molecular weight is 254 g/mol. The van der Waals surface area contributed by atoms with Gasteiger partial charge in [0.25, 0.3) is 0 Å². The van der Waals surface area contributed by atoms with Gasteiger partial charge in [-0.2, -0.15) is 0 Å². The van der Waals surface area contributed by atoms with Gasteiger partial charge in [-0.3, -0.25) is 0 Å². The van der Waals surface area contributed by atoms with Gasteiger partial charge in [-0.05, 0) is 31.2 Å². The number of carbonyl (C=O) groups is 1. The van der Waals surface area contributed by atoms with E-state index in [1.54, 1.807) is 12.1 Å². The van der Waals surface area contributed by atoms with E-state index >= 15 is 0 Å². The Morgan fingerprint density at radius 3 is 2.47 bits per heavy atom. The average Bonchev–Trinajstić information content (AvgIpc) is 2.27. The molecule has 0 saturated carbocycles. The van der Waals surface area contributed by atoms with Crippen LogP contribution in [-0.2, 0) is 0 Å². The van der Waals surface area contributed by atoms with Gasteiger partial charge in [0.2, 0.25) is 0 Å². The molecular formula is C13H18O3S. The zero-order chi connectivity index (χ0) is 13.0. The van der Waals surface area contributed by atoms with Crippen LogP contribution in [0.25, 0.3) is 0 Å². The summed E-state index contributed by atoms with van der Waals surface area (Å²) < 4.78 is 5.72. The monoisotopic (exact) mass is 254 g/mol. The molecule has 0 aromatic heterocycles. The van der Waals surface area contributed by atoms with Crippen molar-refractivity contribution in [3.8, 4) is 5.75 Å². The van der Waals surface area contributed by atoms with Gasteiger partial charge in [-0.15, -0.1) is 11.8 Å². The summed E-state index contributed by atoms with van der Waals surface area (Å²) in [5.41, 5.74) is 0.257. The van der Waals surface area contributed by atoms with Crippen LogP contribution in [0.2, 0.25) is 0 Å². The zero-order valence-electron chi connectivity index (χ0n) is 10.6. The lowest BCUT2D eigenvalue weighted by Crippen LogP contribution is -2.20. The largest absolute Gasteiger partial charge is 0.490 e. The molecule has 0 saturated heterocycles. The van der Waals surface area contributed by atoms with Crippen LogP contribution in [0.3, 0.4) is 0 Å². The number of benzene rings is 1. The minimum Gasteiger partial charge on any atom is -0.490 e. The maximum absolute atomic E-state index is 11.3. The second-order valence-electron chi connectivity index (χ2n) is 4.21. The third-order valence-corrected chi connectivity index (χ3v) is 3.45. The summed E-state index contributed by atoms with van der Waals surface area (Å²) in [6.07, 6.45) is 1.85. The highest BCUT2D eigenvalue weighted by Crippen LogP contribution is 2.30. The number of aromatic carboxylic acids is 1. The summed E-state index contributed by atoms with van der Waals surface area (Å²) in [7, 11) is 0. The highest BCUT2D eigenvalue weighted by atomic mass is 32.2. The third kappa shape index (κ3) is 3.40. The second kappa shape index (κ2) is 5.96. The zero-order valence-corrected chi connectivity index (χ0v) is 11.4. The van der Waals surface area contributed by atoms with Crippen molar-refractivity contribution in [2.75, 3.05) is 6.26 Å². The summed E-state index contributed by atoms with van der Waals surface area (Å²) in [5.74, 6) is -0.152. The molecule has 4 heteroatoms. The molecule has 0 fully saturated rings. The molecule has 0 spiro atoms.